The van der Waals surface area contributed by atoms with E-state index in [0.717, 1.165) is 0 Å². The average Bonchev–Trinajstić information content (AvgIpc) is 3.45. The lowest BCUT2D eigenvalue weighted by atomic mass is 9.91. The fourth-order valence-electron chi connectivity index (χ4n) is 5.91. The molecule has 2 aliphatic rings. The lowest BCUT2D eigenvalue weighted by Crippen LogP contribution is -2.27. The van der Waals surface area contributed by atoms with Crippen molar-refractivity contribution in [1.82, 2.24) is 4.57 Å². The first-order valence-electron chi connectivity index (χ1n) is 11.8. The van der Waals surface area contributed by atoms with Gasteiger partial charge in [-0.3, -0.25) is 0 Å². The summed E-state index contributed by atoms with van der Waals surface area (Å²) in [5.74, 6) is 0. The lowest BCUT2D eigenvalue weighted by molar-refractivity contribution is 0.818. The van der Waals surface area contributed by atoms with Gasteiger partial charge in [0.15, 0.2) is 0 Å². The topological polar surface area (TPSA) is 20.2 Å². The molecule has 0 bridgehead atoms. The van der Waals surface area contributed by atoms with Crippen molar-refractivity contribution in [3.8, 4) is 16.8 Å². The molecule has 1 unspecified atom stereocenters. The van der Waals surface area contributed by atoms with Crippen LogP contribution in [0.4, 0.5) is 17.1 Å². The largest absolute Gasteiger partial charge is 0.359 e. The highest BCUT2D eigenvalue weighted by Crippen LogP contribution is 2.54. The van der Waals surface area contributed by atoms with Crippen molar-refractivity contribution in [1.29, 1.82) is 0 Å². The summed E-state index contributed by atoms with van der Waals surface area (Å²) in [6.45, 7) is 0. The van der Waals surface area contributed by atoms with Crippen molar-refractivity contribution in [3.05, 3.63) is 121 Å². The number of rotatable bonds is 1. The number of para-hydroxylation sites is 5. The number of aromatic nitrogens is 1. The summed E-state index contributed by atoms with van der Waals surface area (Å²) in [7, 11) is 0. The first-order chi connectivity index (χ1) is 16.9. The maximum absolute atomic E-state index is 3.77. The van der Waals surface area contributed by atoms with E-state index < -0.39 is 0 Å². The van der Waals surface area contributed by atoms with Crippen molar-refractivity contribution < 1.29 is 0 Å². The van der Waals surface area contributed by atoms with Gasteiger partial charge in [0.25, 0.3) is 0 Å². The molecule has 8 rings (SSSR count). The van der Waals surface area contributed by atoms with E-state index >= 15 is 0 Å². The molecule has 1 aromatic heterocycles. The molecule has 0 fully saturated rings. The summed E-state index contributed by atoms with van der Waals surface area (Å²) in [6, 6.07) is 41.7. The highest BCUT2D eigenvalue weighted by Gasteiger charge is 2.37. The van der Waals surface area contributed by atoms with Crippen LogP contribution in [0.5, 0.6) is 0 Å². The lowest BCUT2D eigenvalue weighted by Gasteiger charge is -2.35. The fourth-order valence-corrected chi connectivity index (χ4v) is 5.91. The quantitative estimate of drug-likeness (QED) is 0.282. The van der Waals surface area contributed by atoms with Crippen molar-refractivity contribution in [2.24, 2.45) is 0 Å². The van der Waals surface area contributed by atoms with E-state index in [1.165, 1.54) is 61.2 Å². The van der Waals surface area contributed by atoms with Gasteiger partial charge in [0.05, 0.1) is 28.1 Å². The Kier molecular flexibility index (Phi) is 3.45. The Hall–Kier alpha value is -4.50. The summed E-state index contributed by atoms with van der Waals surface area (Å²) in [5, 5.41) is 6.34. The molecule has 0 saturated heterocycles. The molecule has 1 atom stereocenters. The number of hydrogen-bond donors (Lipinski definition) is 1. The zero-order valence-corrected chi connectivity index (χ0v) is 18.4. The van der Waals surface area contributed by atoms with E-state index in [-0.39, 0.29) is 6.17 Å². The molecule has 0 radical (unpaired) electrons. The number of fused-ring (bicyclic) bond motifs is 11. The van der Waals surface area contributed by atoms with E-state index in [4.69, 9.17) is 0 Å². The second-order valence-electron chi connectivity index (χ2n) is 9.09. The van der Waals surface area contributed by atoms with E-state index in [9.17, 15) is 0 Å². The zero-order chi connectivity index (χ0) is 22.2. The van der Waals surface area contributed by atoms with E-state index in [2.05, 4.69) is 130 Å². The smallest absolute Gasteiger partial charge is 0.131 e. The van der Waals surface area contributed by atoms with Gasteiger partial charge in [-0.25, -0.2) is 0 Å². The zero-order valence-electron chi connectivity index (χ0n) is 18.4. The summed E-state index contributed by atoms with van der Waals surface area (Å²) in [6.07, 6.45) is 0.0921. The molecule has 0 saturated carbocycles. The van der Waals surface area contributed by atoms with Crippen LogP contribution in [-0.2, 0) is 0 Å². The number of benzene rings is 5. The first-order valence-corrected chi connectivity index (χ1v) is 11.8. The molecule has 0 aliphatic carbocycles. The molecule has 3 heterocycles. The van der Waals surface area contributed by atoms with Gasteiger partial charge in [0.2, 0.25) is 0 Å². The Labute approximate surface area is 197 Å². The number of nitrogens with one attached hydrogen (secondary N) is 1. The third-order valence-electron chi connectivity index (χ3n) is 7.34. The van der Waals surface area contributed by atoms with Gasteiger partial charge in [-0.2, -0.15) is 0 Å². The van der Waals surface area contributed by atoms with Crippen LogP contribution >= 0.6 is 0 Å². The third-order valence-corrected chi connectivity index (χ3v) is 7.34. The molecule has 2 aliphatic heterocycles. The van der Waals surface area contributed by atoms with Crippen molar-refractivity contribution >= 4 is 38.9 Å². The van der Waals surface area contributed by atoms with Gasteiger partial charge in [-0.05, 0) is 48.0 Å². The predicted octanol–water partition coefficient (Wildman–Crippen LogP) is 8.03. The van der Waals surface area contributed by atoms with Crippen LogP contribution in [0.1, 0.15) is 11.7 Å². The van der Waals surface area contributed by atoms with Crippen LogP contribution in [0.15, 0.2) is 115 Å². The van der Waals surface area contributed by atoms with Crippen LogP contribution in [0.3, 0.4) is 0 Å². The van der Waals surface area contributed by atoms with Crippen LogP contribution in [0.2, 0.25) is 0 Å². The van der Waals surface area contributed by atoms with Gasteiger partial charge in [0.1, 0.15) is 6.17 Å². The van der Waals surface area contributed by atoms with Crippen molar-refractivity contribution in [2.45, 2.75) is 6.17 Å². The van der Waals surface area contributed by atoms with Gasteiger partial charge < -0.3 is 14.8 Å². The molecule has 6 aromatic rings. The molecular formula is C31H21N3. The Balaban J connectivity index is 1.40. The summed E-state index contributed by atoms with van der Waals surface area (Å²) >= 11 is 0. The van der Waals surface area contributed by atoms with Gasteiger partial charge in [-0.15, -0.1) is 0 Å². The molecule has 0 amide bonds. The van der Waals surface area contributed by atoms with Gasteiger partial charge >= 0.3 is 0 Å². The summed E-state index contributed by atoms with van der Waals surface area (Å²) in [5.41, 5.74) is 11.2. The van der Waals surface area contributed by atoms with Crippen LogP contribution < -0.4 is 10.2 Å². The summed E-state index contributed by atoms with van der Waals surface area (Å²) < 4.78 is 2.40. The average molecular weight is 436 g/mol. The fraction of sp³-hybridized carbons (Fsp3) is 0.0323. The van der Waals surface area contributed by atoms with Crippen molar-refractivity contribution in [2.75, 3.05) is 10.2 Å². The molecule has 5 aromatic carbocycles. The van der Waals surface area contributed by atoms with Crippen molar-refractivity contribution in [3.63, 3.8) is 0 Å². The minimum atomic E-state index is 0.0921. The standard InChI is InChI=1S/C31H21N3/c1-5-13-27-21(9-1)22-10-2-6-14-28(22)33(27)20-17-18-24-25(19-20)23-11-3-7-15-29(23)34-30-16-8-4-12-26(30)32-31(24)34/h1-19,31-32H. The molecule has 34 heavy (non-hydrogen) atoms. The van der Waals surface area contributed by atoms with E-state index in [1.807, 2.05) is 0 Å². The Morgan fingerprint density at radius 1 is 0.559 bits per heavy atom. The minimum Gasteiger partial charge on any atom is -0.359 e. The molecule has 3 nitrogen and oxygen atoms in total. The Bertz CT molecular complexity index is 1710. The summed E-state index contributed by atoms with van der Waals surface area (Å²) in [4.78, 5) is 2.44. The Morgan fingerprint density at radius 2 is 1.21 bits per heavy atom. The van der Waals surface area contributed by atoms with Crippen LogP contribution in [-0.4, -0.2) is 4.57 Å². The van der Waals surface area contributed by atoms with Crippen LogP contribution in [0.25, 0.3) is 38.6 Å². The number of anilines is 3. The van der Waals surface area contributed by atoms with E-state index in [0.29, 0.717) is 0 Å². The molecule has 160 valence electrons. The molecule has 1 N–H and O–H groups in total. The molecule has 0 spiro atoms. The first kappa shape index (κ1) is 18.0. The predicted molar refractivity (Wildman–Crippen MR) is 141 cm³/mol. The van der Waals surface area contributed by atoms with E-state index in [1.54, 1.807) is 0 Å². The second-order valence-corrected chi connectivity index (χ2v) is 9.09. The Morgan fingerprint density at radius 3 is 2.00 bits per heavy atom. The molecular weight excluding hydrogens is 414 g/mol. The van der Waals surface area contributed by atoms with Gasteiger partial charge in [-0.1, -0.05) is 72.8 Å². The normalized spacial score (nSPS) is 15.5. The molecule has 3 heteroatoms. The van der Waals surface area contributed by atoms with Gasteiger partial charge in [0, 0.05) is 27.6 Å². The minimum absolute atomic E-state index is 0.0921. The number of nitrogens with zero attached hydrogens (tertiary/aromatic N) is 2. The second kappa shape index (κ2) is 6.52. The highest BCUT2D eigenvalue weighted by atomic mass is 15.3. The third kappa shape index (κ3) is 2.26. The highest BCUT2D eigenvalue weighted by molar-refractivity contribution is 6.09. The monoisotopic (exact) mass is 435 g/mol. The van der Waals surface area contributed by atoms with Crippen LogP contribution in [0, 0.1) is 0 Å². The maximum Gasteiger partial charge on any atom is 0.131 e. The maximum atomic E-state index is 3.77. The SMILES string of the molecule is c1ccc2c(c1)NC1c3ccc(-n4c5ccccc5c5ccccc54)cc3-c3ccccc3N21. The number of hydrogen-bond acceptors (Lipinski definition) is 2.